The number of ketones is 1. The fourth-order valence-electron chi connectivity index (χ4n) is 1.73. The van der Waals surface area contributed by atoms with E-state index in [4.69, 9.17) is 0 Å². The summed E-state index contributed by atoms with van der Waals surface area (Å²) in [6.45, 7) is 6.08. The van der Waals surface area contributed by atoms with Gasteiger partial charge in [0.1, 0.15) is 0 Å². The van der Waals surface area contributed by atoms with E-state index in [1.165, 1.54) is 0 Å². The van der Waals surface area contributed by atoms with E-state index < -0.39 is 6.10 Å². The number of likely N-dealkylation sites (N-methyl/N-ethyl adjacent to an activating group) is 1. The molecule has 0 heterocycles. The Morgan fingerprint density at radius 2 is 1.82 bits per heavy atom. The molecule has 0 aliphatic heterocycles. The van der Waals surface area contributed by atoms with Gasteiger partial charge in [-0.05, 0) is 27.8 Å². The lowest BCUT2D eigenvalue weighted by molar-refractivity contribution is 0.0788. The molecule has 0 fully saturated rings. The fraction of sp³-hybridized carbons (Fsp3) is 0.500. The van der Waals surface area contributed by atoms with Crippen molar-refractivity contribution >= 4 is 5.78 Å². The second-order valence-corrected chi connectivity index (χ2v) is 4.69. The van der Waals surface area contributed by atoms with Crippen LogP contribution in [0.4, 0.5) is 0 Å². The van der Waals surface area contributed by atoms with Crippen LogP contribution in [0.25, 0.3) is 0 Å². The lowest BCUT2D eigenvalue weighted by atomic mass is 10.0. The summed E-state index contributed by atoms with van der Waals surface area (Å²) >= 11 is 0. The summed E-state index contributed by atoms with van der Waals surface area (Å²) < 4.78 is 0. The van der Waals surface area contributed by atoms with Crippen LogP contribution >= 0.6 is 0 Å². The molecule has 0 saturated carbocycles. The Kier molecular flexibility index (Phi) is 4.85. The van der Waals surface area contributed by atoms with E-state index >= 15 is 0 Å². The maximum atomic E-state index is 12.2. The van der Waals surface area contributed by atoms with Gasteiger partial charge in [-0.25, -0.2) is 0 Å². The summed E-state index contributed by atoms with van der Waals surface area (Å²) in [4.78, 5) is 14.0. The minimum atomic E-state index is -0.423. The smallest absolute Gasteiger partial charge is 0.179 e. The Labute approximate surface area is 103 Å². The predicted octanol–water partition coefficient (Wildman–Crippen LogP) is 1.88. The molecule has 3 nitrogen and oxygen atoms in total. The van der Waals surface area contributed by atoms with E-state index in [1.807, 2.05) is 50.1 Å². The highest BCUT2D eigenvalue weighted by Gasteiger charge is 2.20. The van der Waals surface area contributed by atoms with Crippen LogP contribution < -0.4 is 0 Å². The molecule has 0 aromatic heterocycles. The molecule has 1 rings (SSSR count). The zero-order chi connectivity index (χ0) is 13.0. The first-order chi connectivity index (χ1) is 7.91. The SMILES string of the molecule is Cc1ccc(C(=O)C(C)N(C)CC(C)O)cc1. The molecule has 0 amide bonds. The Morgan fingerprint density at radius 3 is 2.29 bits per heavy atom. The molecular formula is C14H21NO2. The number of hydrogen-bond donors (Lipinski definition) is 1. The fourth-order valence-corrected chi connectivity index (χ4v) is 1.73. The monoisotopic (exact) mass is 235 g/mol. The van der Waals surface area contributed by atoms with Crippen LogP contribution in [0.1, 0.15) is 29.8 Å². The average molecular weight is 235 g/mol. The largest absolute Gasteiger partial charge is 0.392 e. The van der Waals surface area contributed by atoms with E-state index in [0.29, 0.717) is 6.54 Å². The number of nitrogens with zero attached hydrogens (tertiary/aromatic N) is 1. The van der Waals surface area contributed by atoms with Gasteiger partial charge in [0.25, 0.3) is 0 Å². The summed E-state index contributed by atoms with van der Waals surface area (Å²) in [7, 11) is 1.85. The Bertz CT molecular complexity index is 370. The van der Waals surface area contributed by atoms with Gasteiger partial charge in [-0.15, -0.1) is 0 Å². The quantitative estimate of drug-likeness (QED) is 0.792. The van der Waals surface area contributed by atoms with Crippen molar-refractivity contribution in [1.82, 2.24) is 4.90 Å². The number of aliphatic hydroxyl groups excluding tert-OH is 1. The van der Waals surface area contributed by atoms with Gasteiger partial charge in [-0.3, -0.25) is 9.69 Å². The van der Waals surface area contributed by atoms with Crippen molar-refractivity contribution in [2.75, 3.05) is 13.6 Å². The third-order valence-corrected chi connectivity index (χ3v) is 2.93. The molecule has 2 unspecified atom stereocenters. The van der Waals surface area contributed by atoms with E-state index in [0.717, 1.165) is 11.1 Å². The first-order valence-corrected chi connectivity index (χ1v) is 5.91. The number of carbonyl (C=O) groups is 1. The first-order valence-electron chi connectivity index (χ1n) is 5.91. The maximum absolute atomic E-state index is 12.2. The minimum absolute atomic E-state index is 0.0909. The molecule has 17 heavy (non-hydrogen) atoms. The highest BCUT2D eigenvalue weighted by atomic mass is 16.3. The molecule has 1 N–H and O–H groups in total. The van der Waals surface area contributed by atoms with Crippen LogP contribution in [0.5, 0.6) is 0 Å². The molecule has 0 spiro atoms. The summed E-state index contributed by atoms with van der Waals surface area (Å²) in [5.74, 6) is 0.0909. The van der Waals surface area contributed by atoms with Crippen LogP contribution in [-0.4, -0.2) is 41.5 Å². The van der Waals surface area contributed by atoms with Gasteiger partial charge in [0.15, 0.2) is 5.78 Å². The van der Waals surface area contributed by atoms with Crippen molar-refractivity contribution in [3.8, 4) is 0 Å². The van der Waals surface area contributed by atoms with Crippen molar-refractivity contribution in [3.05, 3.63) is 35.4 Å². The molecule has 0 aliphatic rings. The van der Waals surface area contributed by atoms with E-state index in [-0.39, 0.29) is 11.8 Å². The molecule has 0 saturated heterocycles. The lowest BCUT2D eigenvalue weighted by Crippen LogP contribution is -2.39. The van der Waals surface area contributed by atoms with Crippen LogP contribution in [0.15, 0.2) is 24.3 Å². The van der Waals surface area contributed by atoms with E-state index in [2.05, 4.69) is 0 Å². The van der Waals surface area contributed by atoms with E-state index in [9.17, 15) is 9.90 Å². The van der Waals surface area contributed by atoms with Gasteiger partial charge in [-0.2, -0.15) is 0 Å². The van der Waals surface area contributed by atoms with Gasteiger partial charge in [0.2, 0.25) is 0 Å². The molecule has 2 atom stereocenters. The number of Topliss-reactive ketones (excluding diaryl/α,β-unsaturated/α-hetero) is 1. The highest BCUT2D eigenvalue weighted by molar-refractivity contribution is 5.99. The van der Waals surface area contributed by atoms with E-state index in [1.54, 1.807) is 6.92 Å². The topological polar surface area (TPSA) is 40.5 Å². The standard InChI is InChI=1S/C14H21NO2/c1-10-5-7-13(8-6-10)14(17)12(3)15(4)9-11(2)16/h5-8,11-12,16H,9H2,1-4H3. The molecule has 0 radical (unpaired) electrons. The number of aryl methyl sites for hydroxylation is 1. The summed E-state index contributed by atoms with van der Waals surface area (Å²) in [5, 5.41) is 9.31. The average Bonchev–Trinajstić information content (AvgIpc) is 2.27. The molecule has 94 valence electrons. The van der Waals surface area contributed by atoms with Crippen molar-refractivity contribution < 1.29 is 9.90 Å². The number of hydrogen-bond acceptors (Lipinski definition) is 3. The molecule has 3 heteroatoms. The normalized spacial score (nSPS) is 14.7. The maximum Gasteiger partial charge on any atom is 0.179 e. The van der Waals surface area contributed by atoms with Gasteiger partial charge >= 0.3 is 0 Å². The van der Waals surface area contributed by atoms with Crippen LogP contribution in [0.3, 0.4) is 0 Å². The van der Waals surface area contributed by atoms with Crippen molar-refractivity contribution in [2.45, 2.75) is 32.9 Å². The number of carbonyl (C=O) groups excluding carboxylic acids is 1. The Morgan fingerprint density at radius 1 is 1.29 bits per heavy atom. The summed E-state index contributed by atoms with van der Waals surface area (Å²) in [5.41, 5.74) is 1.87. The van der Waals surface area contributed by atoms with Gasteiger partial charge < -0.3 is 5.11 Å². The number of benzene rings is 1. The van der Waals surface area contributed by atoms with Gasteiger partial charge in [-0.1, -0.05) is 29.8 Å². The molecule has 0 bridgehead atoms. The molecule has 1 aromatic rings. The minimum Gasteiger partial charge on any atom is -0.392 e. The van der Waals surface area contributed by atoms with Gasteiger partial charge in [0.05, 0.1) is 12.1 Å². The van der Waals surface area contributed by atoms with Crippen LogP contribution in [0.2, 0.25) is 0 Å². The molecule has 0 aliphatic carbocycles. The second kappa shape index (κ2) is 5.94. The third-order valence-electron chi connectivity index (χ3n) is 2.93. The Balaban J connectivity index is 2.72. The third kappa shape index (κ3) is 3.95. The summed E-state index contributed by atoms with van der Waals surface area (Å²) in [6, 6.07) is 7.37. The predicted molar refractivity (Wildman–Crippen MR) is 69.3 cm³/mol. The zero-order valence-electron chi connectivity index (χ0n) is 11.0. The first kappa shape index (κ1) is 13.9. The van der Waals surface area contributed by atoms with Crippen molar-refractivity contribution in [2.24, 2.45) is 0 Å². The lowest BCUT2D eigenvalue weighted by Gasteiger charge is -2.24. The highest BCUT2D eigenvalue weighted by Crippen LogP contribution is 2.09. The van der Waals surface area contributed by atoms with Crippen molar-refractivity contribution in [1.29, 1.82) is 0 Å². The number of aliphatic hydroxyl groups is 1. The number of rotatable bonds is 5. The van der Waals surface area contributed by atoms with Crippen LogP contribution in [-0.2, 0) is 0 Å². The Hall–Kier alpha value is -1.19. The summed E-state index contributed by atoms with van der Waals surface area (Å²) in [6.07, 6.45) is -0.423. The van der Waals surface area contributed by atoms with Crippen LogP contribution in [0, 0.1) is 6.92 Å². The molecular weight excluding hydrogens is 214 g/mol. The molecule has 1 aromatic carbocycles. The zero-order valence-corrected chi connectivity index (χ0v) is 11.0. The second-order valence-electron chi connectivity index (χ2n) is 4.69. The van der Waals surface area contributed by atoms with Gasteiger partial charge in [0, 0.05) is 12.1 Å². The van der Waals surface area contributed by atoms with Crippen molar-refractivity contribution in [3.63, 3.8) is 0 Å².